The maximum absolute atomic E-state index is 11.8. The Morgan fingerprint density at radius 2 is 2.25 bits per heavy atom. The highest BCUT2D eigenvalue weighted by Gasteiger charge is 2.22. The third kappa shape index (κ3) is 7.63. The van der Waals surface area contributed by atoms with Crippen LogP contribution in [0, 0.1) is 29.8 Å². The Kier molecular flexibility index (Phi) is 7.24. The monoisotopic (exact) mass is 335 g/mol. The standard InChI is InChI=1S/C16H25N5O3/c1-11(8-16(3,4)9-24-10-17)5-6-18-15(23)21-14-19-12(2)7-13(22)20-14/h7,11H,5-6,8-9H2,1-4H3,(H3,18,19,20,21,22,23). The second-order valence-electron chi connectivity index (χ2n) is 6.76. The molecule has 0 aliphatic carbocycles. The number of rotatable bonds is 8. The number of aromatic nitrogens is 2. The normalized spacial score (nSPS) is 12.1. The van der Waals surface area contributed by atoms with Crippen LogP contribution in [0.15, 0.2) is 10.9 Å². The highest BCUT2D eigenvalue weighted by molar-refractivity contribution is 5.87. The zero-order valence-corrected chi connectivity index (χ0v) is 14.6. The Morgan fingerprint density at radius 1 is 1.54 bits per heavy atom. The lowest BCUT2D eigenvalue weighted by molar-refractivity contribution is 0.124. The fourth-order valence-electron chi connectivity index (χ4n) is 2.55. The molecule has 3 N–H and O–H groups in total. The molecule has 8 nitrogen and oxygen atoms in total. The fraction of sp³-hybridized carbons (Fsp3) is 0.625. The summed E-state index contributed by atoms with van der Waals surface area (Å²) in [7, 11) is 0. The fourth-order valence-corrected chi connectivity index (χ4v) is 2.55. The van der Waals surface area contributed by atoms with Gasteiger partial charge < -0.3 is 10.1 Å². The van der Waals surface area contributed by atoms with Crippen LogP contribution in [0.1, 0.15) is 39.3 Å². The lowest BCUT2D eigenvalue weighted by Gasteiger charge is -2.26. The number of hydrogen-bond acceptors (Lipinski definition) is 5. The van der Waals surface area contributed by atoms with E-state index >= 15 is 0 Å². The zero-order valence-electron chi connectivity index (χ0n) is 14.6. The van der Waals surface area contributed by atoms with Gasteiger partial charge in [0, 0.05) is 23.7 Å². The SMILES string of the molecule is Cc1cc(=O)[nH]c(NC(=O)NCCC(C)CC(C)(C)COC#N)n1. The molecule has 0 aliphatic rings. The molecule has 0 aliphatic heterocycles. The molecule has 0 spiro atoms. The van der Waals surface area contributed by atoms with Crippen LogP contribution < -0.4 is 16.2 Å². The highest BCUT2D eigenvalue weighted by atomic mass is 16.5. The summed E-state index contributed by atoms with van der Waals surface area (Å²) in [6.45, 7) is 8.74. The van der Waals surface area contributed by atoms with E-state index in [9.17, 15) is 9.59 Å². The molecular formula is C16H25N5O3. The van der Waals surface area contributed by atoms with Crippen molar-refractivity contribution < 1.29 is 9.53 Å². The number of urea groups is 1. The van der Waals surface area contributed by atoms with Crippen molar-refractivity contribution in [2.24, 2.45) is 11.3 Å². The molecule has 0 aromatic carbocycles. The smallest absolute Gasteiger partial charge is 0.321 e. The number of H-pyrrole nitrogens is 1. The first kappa shape index (κ1) is 19.5. The Balaban J connectivity index is 2.34. The molecule has 0 saturated heterocycles. The van der Waals surface area contributed by atoms with Crippen LogP contribution in [0.5, 0.6) is 0 Å². The summed E-state index contributed by atoms with van der Waals surface area (Å²) in [4.78, 5) is 29.6. The van der Waals surface area contributed by atoms with E-state index in [1.54, 1.807) is 13.2 Å². The van der Waals surface area contributed by atoms with Gasteiger partial charge in [-0.2, -0.15) is 5.26 Å². The molecule has 0 fully saturated rings. The molecule has 2 amide bonds. The van der Waals surface area contributed by atoms with Crippen LogP contribution in [0.25, 0.3) is 0 Å². The van der Waals surface area contributed by atoms with Gasteiger partial charge in [-0.1, -0.05) is 20.8 Å². The van der Waals surface area contributed by atoms with Crippen molar-refractivity contribution in [1.29, 1.82) is 5.26 Å². The first-order chi connectivity index (χ1) is 11.2. The highest BCUT2D eigenvalue weighted by Crippen LogP contribution is 2.27. The van der Waals surface area contributed by atoms with Gasteiger partial charge in [-0.05, 0) is 25.7 Å². The molecular weight excluding hydrogens is 310 g/mol. The molecule has 1 rings (SSSR count). The van der Waals surface area contributed by atoms with Crippen molar-refractivity contribution in [2.45, 2.75) is 40.5 Å². The minimum atomic E-state index is -0.414. The number of nitrogens with zero attached hydrogens (tertiary/aromatic N) is 2. The van der Waals surface area contributed by atoms with Crippen molar-refractivity contribution in [3.05, 3.63) is 22.1 Å². The van der Waals surface area contributed by atoms with E-state index in [1.165, 1.54) is 6.07 Å². The average molecular weight is 335 g/mol. The molecule has 1 unspecified atom stereocenters. The number of carbonyl (C=O) groups is 1. The Bertz CT molecular complexity index is 648. The predicted molar refractivity (Wildman–Crippen MR) is 90.4 cm³/mol. The van der Waals surface area contributed by atoms with Gasteiger partial charge in [-0.25, -0.2) is 9.78 Å². The summed E-state index contributed by atoms with van der Waals surface area (Å²) in [5.41, 5.74) is 0.125. The molecule has 132 valence electrons. The second kappa shape index (κ2) is 8.91. The number of amides is 2. The summed E-state index contributed by atoms with van der Waals surface area (Å²) in [5.74, 6) is 0.486. The number of aryl methyl sites for hydroxylation is 1. The van der Waals surface area contributed by atoms with Crippen molar-refractivity contribution in [3.63, 3.8) is 0 Å². The minimum absolute atomic E-state index is 0.0949. The van der Waals surface area contributed by atoms with E-state index in [4.69, 9.17) is 10.00 Å². The molecule has 1 heterocycles. The Morgan fingerprint density at radius 3 is 2.88 bits per heavy atom. The Hall–Kier alpha value is -2.56. The first-order valence-corrected chi connectivity index (χ1v) is 7.85. The number of ether oxygens (including phenoxy) is 1. The number of nitriles is 1. The predicted octanol–water partition coefficient (Wildman–Crippen LogP) is 2.14. The van der Waals surface area contributed by atoms with Crippen LogP contribution in [0.2, 0.25) is 0 Å². The van der Waals surface area contributed by atoms with Gasteiger partial charge in [0.25, 0.3) is 11.8 Å². The summed E-state index contributed by atoms with van der Waals surface area (Å²) >= 11 is 0. The van der Waals surface area contributed by atoms with Gasteiger partial charge in [0.05, 0.1) is 0 Å². The van der Waals surface area contributed by atoms with Gasteiger partial charge in [-0.15, -0.1) is 0 Å². The molecule has 0 bridgehead atoms. The number of aromatic amines is 1. The van der Waals surface area contributed by atoms with Crippen molar-refractivity contribution in [3.8, 4) is 6.26 Å². The number of carbonyl (C=O) groups excluding carboxylic acids is 1. The molecule has 0 radical (unpaired) electrons. The van der Waals surface area contributed by atoms with Gasteiger partial charge in [0.1, 0.15) is 6.61 Å². The van der Waals surface area contributed by atoms with Crippen LogP contribution >= 0.6 is 0 Å². The van der Waals surface area contributed by atoms with E-state index in [1.807, 2.05) is 13.8 Å². The molecule has 0 saturated carbocycles. The summed E-state index contributed by atoms with van der Waals surface area (Å²) in [6, 6.07) is 0.936. The summed E-state index contributed by atoms with van der Waals surface area (Å²) in [5, 5.41) is 13.7. The quantitative estimate of drug-likeness (QED) is 0.629. The molecule has 1 aromatic rings. The first-order valence-electron chi connectivity index (χ1n) is 7.85. The number of anilines is 1. The molecule has 1 aromatic heterocycles. The number of nitrogens with one attached hydrogen (secondary N) is 3. The van der Waals surface area contributed by atoms with E-state index < -0.39 is 6.03 Å². The zero-order chi connectivity index (χ0) is 18.2. The van der Waals surface area contributed by atoms with Gasteiger partial charge in [0.2, 0.25) is 5.95 Å². The number of hydrogen-bond donors (Lipinski definition) is 3. The van der Waals surface area contributed by atoms with Crippen LogP contribution in [-0.2, 0) is 4.74 Å². The van der Waals surface area contributed by atoms with Crippen LogP contribution in [0.3, 0.4) is 0 Å². The van der Waals surface area contributed by atoms with E-state index in [0.717, 1.165) is 12.8 Å². The van der Waals surface area contributed by atoms with Crippen molar-refractivity contribution >= 4 is 12.0 Å². The maximum Gasteiger partial charge on any atom is 0.321 e. The molecule has 8 heteroatoms. The van der Waals surface area contributed by atoms with Crippen molar-refractivity contribution in [1.82, 2.24) is 15.3 Å². The third-order valence-electron chi connectivity index (χ3n) is 3.45. The van der Waals surface area contributed by atoms with Crippen molar-refractivity contribution in [2.75, 3.05) is 18.5 Å². The molecule has 24 heavy (non-hydrogen) atoms. The van der Waals surface area contributed by atoms with Crippen LogP contribution in [0.4, 0.5) is 10.7 Å². The van der Waals surface area contributed by atoms with E-state index in [0.29, 0.717) is 24.8 Å². The lowest BCUT2D eigenvalue weighted by atomic mass is 9.83. The third-order valence-corrected chi connectivity index (χ3v) is 3.45. The largest absolute Gasteiger partial charge is 0.427 e. The molecule has 1 atom stereocenters. The van der Waals surface area contributed by atoms with E-state index in [-0.39, 0.29) is 16.9 Å². The van der Waals surface area contributed by atoms with Gasteiger partial charge >= 0.3 is 6.03 Å². The van der Waals surface area contributed by atoms with Crippen LogP contribution in [-0.4, -0.2) is 29.2 Å². The maximum atomic E-state index is 11.8. The topological polar surface area (TPSA) is 120 Å². The second-order valence-corrected chi connectivity index (χ2v) is 6.76. The van der Waals surface area contributed by atoms with Gasteiger partial charge in [-0.3, -0.25) is 15.1 Å². The van der Waals surface area contributed by atoms with E-state index in [2.05, 4.69) is 27.5 Å². The average Bonchev–Trinajstić information content (AvgIpc) is 2.43. The van der Waals surface area contributed by atoms with Gasteiger partial charge in [0.15, 0.2) is 0 Å². The Labute approximate surface area is 141 Å². The summed E-state index contributed by atoms with van der Waals surface area (Å²) < 4.78 is 4.82. The minimum Gasteiger partial charge on any atom is -0.427 e. The lowest BCUT2D eigenvalue weighted by Crippen LogP contribution is -2.32. The summed E-state index contributed by atoms with van der Waals surface area (Å²) in [6.07, 6.45) is 3.36.